The molecular weight excluding hydrogens is 212 g/mol. The summed E-state index contributed by atoms with van der Waals surface area (Å²) in [7, 11) is 0. The van der Waals surface area contributed by atoms with E-state index in [2.05, 4.69) is 33.6 Å². The lowest BCUT2D eigenvalue weighted by Gasteiger charge is -2.28. The van der Waals surface area contributed by atoms with Crippen LogP contribution in [0.2, 0.25) is 0 Å². The van der Waals surface area contributed by atoms with Crippen LogP contribution >= 0.6 is 0 Å². The van der Waals surface area contributed by atoms with Gasteiger partial charge in [-0.3, -0.25) is 4.90 Å². The molecule has 4 nitrogen and oxygen atoms in total. The van der Waals surface area contributed by atoms with Crippen molar-refractivity contribution in [1.29, 1.82) is 0 Å². The molecule has 0 bridgehead atoms. The summed E-state index contributed by atoms with van der Waals surface area (Å²) >= 11 is 0. The topological polar surface area (TPSA) is 33.1 Å². The molecule has 96 valence electrons. The predicted molar refractivity (Wildman–Crippen MR) is 69.9 cm³/mol. The molecule has 1 aromatic rings. The van der Waals surface area contributed by atoms with Crippen LogP contribution in [0.4, 0.5) is 0 Å². The molecule has 1 aliphatic heterocycles. The minimum Gasteiger partial charge on any atom is -0.334 e. The van der Waals surface area contributed by atoms with E-state index in [1.807, 2.05) is 12.5 Å². The molecular formula is C13H24N4. The third-order valence-corrected chi connectivity index (χ3v) is 3.57. The maximum Gasteiger partial charge on any atom is 0.0948 e. The van der Waals surface area contributed by atoms with Crippen LogP contribution in [-0.2, 0) is 13.1 Å². The quantitative estimate of drug-likeness (QED) is 0.812. The van der Waals surface area contributed by atoms with Crippen molar-refractivity contribution in [2.75, 3.05) is 19.6 Å². The van der Waals surface area contributed by atoms with Gasteiger partial charge in [0.2, 0.25) is 0 Å². The Morgan fingerprint density at radius 3 is 3.06 bits per heavy atom. The Morgan fingerprint density at radius 2 is 2.41 bits per heavy atom. The second-order valence-electron chi connectivity index (χ2n) is 4.79. The molecule has 1 aliphatic rings. The number of nitrogens with zero attached hydrogens (tertiary/aromatic N) is 3. The first-order chi connectivity index (χ1) is 8.35. The molecule has 1 aromatic heterocycles. The average molecular weight is 236 g/mol. The molecule has 0 radical (unpaired) electrons. The van der Waals surface area contributed by atoms with Crippen molar-refractivity contribution in [3.63, 3.8) is 0 Å². The predicted octanol–water partition coefficient (Wildman–Crippen LogP) is 1.48. The van der Waals surface area contributed by atoms with Crippen LogP contribution in [0.15, 0.2) is 12.5 Å². The maximum absolute atomic E-state index is 4.25. The molecule has 1 atom stereocenters. The normalized spacial score (nSPS) is 20.3. The first kappa shape index (κ1) is 12.6. The summed E-state index contributed by atoms with van der Waals surface area (Å²) in [6.45, 7) is 9.96. The lowest BCUT2D eigenvalue weighted by atomic mass is 10.2. The molecule has 0 amide bonds. The van der Waals surface area contributed by atoms with Crippen LogP contribution in [0, 0.1) is 0 Å². The van der Waals surface area contributed by atoms with E-state index < -0.39 is 0 Å². The van der Waals surface area contributed by atoms with Crippen molar-refractivity contribution in [3.05, 3.63) is 18.2 Å². The van der Waals surface area contributed by atoms with Crippen LogP contribution in [0.5, 0.6) is 0 Å². The van der Waals surface area contributed by atoms with Crippen molar-refractivity contribution in [2.24, 2.45) is 0 Å². The van der Waals surface area contributed by atoms with Crippen molar-refractivity contribution in [1.82, 2.24) is 19.8 Å². The number of aromatic nitrogens is 2. The lowest BCUT2D eigenvalue weighted by molar-refractivity contribution is 0.195. The number of rotatable bonds is 6. The Kier molecular flexibility index (Phi) is 4.57. The van der Waals surface area contributed by atoms with Gasteiger partial charge in [-0.2, -0.15) is 0 Å². The largest absolute Gasteiger partial charge is 0.334 e. The molecule has 4 heteroatoms. The van der Waals surface area contributed by atoms with Gasteiger partial charge in [-0.05, 0) is 32.9 Å². The molecule has 0 saturated carbocycles. The molecule has 17 heavy (non-hydrogen) atoms. The lowest BCUT2D eigenvalue weighted by Crippen LogP contribution is -2.37. The first-order valence-electron chi connectivity index (χ1n) is 6.79. The fourth-order valence-corrected chi connectivity index (χ4v) is 2.60. The fraction of sp³-hybridized carbons (Fsp3) is 0.769. The van der Waals surface area contributed by atoms with Crippen molar-refractivity contribution in [2.45, 2.75) is 45.8 Å². The van der Waals surface area contributed by atoms with Gasteiger partial charge in [0.15, 0.2) is 0 Å². The third kappa shape index (κ3) is 3.07. The van der Waals surface area contributed by atoms with Crippen LogP contribution in [-0.4, -0.2) is 40.1 Å². The summed E-state index contributed by atoms with van der Waals surface area (Å²) in [4.78, 5) is 6.85. The highest BCUT2D eigenvalue weighted by Gasteiger charge is 2.22. The highest BCUT2D eigenvalue weighted by Crippen LogP contribution is 2.13. The Bertz CT molecular complexity index is 328. The monoisotopic (exact) mass is 236 g/mol. The van der Waals surface area contributed by atoms with E-state index in [0.29, 0.717) is 6.04 Å². The number of hydrogen-bond donors (Lipinski definition) is 1. The van der Waals surface area contributed by atoms with E-state index in [9.17, 15) is 0 Å². The third-order valence-electron chi connectivity index (χ3n) is 3.57. The van der Waals surface area contributed by atoms with Gasteiger partial charge in [-0.15, -0.1) is 0 Å². The Balaban J connectivity index is 2.01. The second kappa shape index (κ2) is 6.17. The number of hydrogen-bond acceptors (Lipinski definition) is 3. The minimum absolute atomic E-state index is 0.704. The summed E-state index contributed by atoms with van der Waals surface area (Å²) in [5, 5.41) is 3.46. The summed E-state index contributed by atoms with van der Waals surface area (Å²) < 4.78 is 2.24. The zero-order chi connectivity index (χ0) is 12.1. The molecule has 1 fully saturated rings. The fourth-order valence-electron chi connectivity index (χ4n) is 2.60. The minimum atomic E-state index is 0.704. The highest BCUT2D eigenvalue weighted by molar-refractivity contribution is 4.99. The molecule has 0 spiro atoms. The van der Waals surface area contributed by atoms with Crippen molar-refractivity contribution in [3.8, 4) is 0 Å². The Labute approximate surface area is 104 Å². The molecule has 2 heterocycles. The smallest absolute Gasteiger partial charge is 0.0948 e. The van der Waals surface area contributed by atoms with Gasteiger partial charge < -0.3 is 9.88 Å². The zero-order valence-corrected chi connectivity index (χ0v) is 11.0. The van der Waals surface area contributed by atoms with Crippen LogP contribution < -0.4 is 5.32 Å². The Hall–Kier alpha value is -0.870. The van der Waals surface area contributed by atoms with E-state index in [-0.39, 0.29) is 0 Å². The number of aryl methyl sites for hydroxylation is 1. The Morgan fingerprint density at radius 1 is 1.53 bits per heavy atom. The van der Waals surface area contributed by atoms with Crippen molar-refractivity contribution < 1.29 is 0 Å². The molecule has 1 saturated heterocycles. The first-order valence-corrected chi connectivity index (χ1v) is 6.79. The number of nitrogens with one attached hydrogen (secondary N) is 1. The molecule has 0 aromatic carbocycles. The van der Waals surface area contributed by atoms with E-state index >= 15 is 0 Å². The summed E-state index contributed by atoms with van der Waals surface area (Å²) in [6, 6.07) is 0.704. The van der Waals surface area contributed by atoms with Gasteiger partial charge in [-0.1, -0.05) is 6.92 Å². The van der Waals surface area contributed by atoms with Gasteiger partial charge in [-0.25, -0.2) is 4.98 Å². The SMILES string of the molecule is CCCN(Cc1cncn1CC)C1CCNC1. The van der Waals surface area contributed by atoms with Crippen LogP contribution in [0.25, 0.3) is 0 Å². The van der Waals surface area contributed by atoms with Gasteiger partial charge in [0.25, 0.3) is 0 Å². The molecule has 2 rings (SSSR count). The number of imidazole rings is 1. The standard InChI is InChI=1S/C13H24N4/c1-3-7-17(12-5-6-14-8-12)10-13-9-15-11-16(13)4-2/h9,11-12,14H,3-8,10H2,1-2H3. The molecule has 1 N–H and O–H groups in total. The van der Waals surface area contributed by atoms with Crippen molar-refractivity contribution >= 4 is 0 Å². The van der Waals surface area contributed by atoms with E-state index in [1.54, 1.807) is 0 Å². The highest BCUT2D eigenvalue weighted by atomic mass is 15.2. The van der Waals surface area contributed by atoms with E-state index in [0.717, 1.165) is 26.2 Å². The summed E-state index contributed by atoms with van der Waals surface area (Å²) in [5.41, 5.74) is 1.34. The molecule has 0 aliphatic carbocycles. The maximum atomic E-state index is 4.25. The van der Waals surface area contributed by atoms with Gasteiger partial charge in [0.05, 0.1) is 12.0 Å². The van der Waals surface area contributed by atoms with Crippen LogP contribution in [0.1, 0.15) is 32.4 Å². The summed E-state index contributed by atoms with van der Waals surface area (Å²) in [6.07, 6.45) is 6.44. The van der Waals surface area contributed by atoms with Gasteiger partial charge in [0.1, 0.15) is 0 Å². The van der Waals surface area contributed by atoms with E-state index in [1.165, 1.54) is 25.1 Å². The van der Waals surface area contributed by atoms with Gasteiger partial charge >= 0.3 is 0 Å². The van der Waals surface area contributed by atoms with E-state index in [4.69, 9.17) is 0 Å². The summed E-state index contributed by atoms with van der Waals surface area (Å²) in [5.74, 6) is 0. The zero-order valence-electron chi connectivity index (χ0n) is 11.0. The second-order valence-corrected chi connectivity index (χ2v) is 4.79. The molecule has 1 unspecified atom stereocenters. The average Bonchev–Trinajstić information content (AvgIpc) is 2.99. The van der Waals surface area contributed by atoms with Crippen LogP contribution in [0.3, 0.4) is 0 Å². The van der Waals surface area contributed by atoms with Gasteiger partial charge in [0, 0.05) is 31.9 Å².